The van der Waals surface area contributed by atoms with Gasteiger partial charge < -0.3 is 15.5 Å². The number of fused-ring (bicyclic) bond motifs is 5. The molecular formula is C35H55NO6S. The van der Waals surface area contributed by atoms with Crippen molar-refractivity contribution in [2.45, 2.75) is 117 Å². The lowest BCUT2D eigenvalue weighted by atomic mass is 9.41. The van der Waals surface area contributed by atoms with Gasteiger partial charge in [-0.05, 0) is 116 Å². The number of benzene rings is 1. The quantitative estimate of drug-likeness (QED) is 0.252. The molecular weight excluding hydrogens is 562 g/mol. The number of hydrogen-bond acceptors (Lipinski definition) is 5. The number of carbonyl (C=O) groups is 1. The molecule has 43 heavy (non-hydrogen) atoms. The third-order valence-electron chi connectivity index (χ3n) is 13.1. The van der Waals surface area contributed by atoms with Crippen molar-refractivity contribution in [2.75, 3.05) is 5.75 Å². The van der Waals surface area contributed by atoms with Crippen LogP contribution in [0, 0.1) is 52.3 Å². The van der Waals surface area contributed by atoms with E-state index in [-0.39, 0.29) is 34.9 Å². The first-order chi connectivity index (χ1) is 20.3. The molecule has 0 heterocycles. The van der Waals surface area contributed by atoms with Gasteiger partial charge in [0.05, 0.1) is 18.0 Å². The van der Waals surface area contributed by atoms with Crippen LogP contribution in [0.15, 0.2) is 30.3 Å². The highest BCUT2D eigenvalue weighted by Gasteiger charge is 2.64. The molecule has 4 saturated carbocycles. The van der Waals surface area contributed by atoms with Gasteiger partial charge >= 0.3 is 0 Å². The lowest BCUT2D eigenvalue weighted by Gasteiger charge is -2.64. The average Bonchev–Trinajstić information content (AvgIpc) is 3.30. The van der Waals surface area contributed by atoms with E-state index in [9.17, 15) is 28.0 Å². The van der Waals surface area contributed by atoms with E-state index in [1.165, 1.54) is 0 Å². The second-order valence-corrected chi connectivity index (χ2v) is 16.8. The third-order valence-corrected chi connectivity index (χ3v) is 13.9. The lowest BCUT2D eigenvalue weighted by Crippen LogP contribution is -2.62. The molecule has 0 aliphatic heterocycles. The van der Waals surface area contributed by atoms with Crippen LogP contribution in [0.2, 0.25) is 0 Å². The molecule has 0 unspecified atom stereocenters. The summed E-state index contributed by atoms with van der Waals surface area (Å²) in [5, 5.41) is 25.4. The molecule has 242 valence electrons. The normalized spacial score (nSPS) is 40.5. The van der Waals surface area contributed by atoms with Crippen molar-refractivity contribution in [3.8, 4) is 0 Å². The predicted molar refractivity (Wildman–Crippen MR) is 169 cm³/mol. The van der Waals surface area contributed by atoms with Gasteiger partial charge in [-0.15, -0.1) is 0 Å². The number of hydrogen-bond donors (Lipinski definition) is 4. The number of carbonyl (C=O) groups excluding carboxylic acids is 1. The van der Waals surface area contributed by atoms with Gasteiger partial charge in [0.15, 0.2) is 0 Å². The van der Waals surface area contributed by atoms with Crippen molar-refractivity contribution in [1.29, 1.82) is 0 Å². The van der Waals surface area contributed by atoms with Crippen LogP contribution >= 0.6 is 0 Å². The van der Waals surface area contributed by atoms with E-state index in [2.05, 4.69) is 33.0 Å². The summed E-state index contributed by atoms with van der Waals surface area (Å²) in [5.41, 5.74) is 1.23. The minimum absolute atomic E-state index is 0.133. The highest BCUT2D eigenvalue weighted by molar-refractivity contribution is 7.85. The van der Waals surface area contributed by atoms with E-state index in [0.717, 1.165) is 63.4 Å². The molecule has 8 heteroatoms. The first kappa shape index (κ1) is 32.9. The van der Waals surface area contributed by atoms with Crippen LogP contribution in [0.25, 0.3) is 0 Å². The van der Waals surface area contributed by atoms with E-state index in [1.54, 1.807) is 0 Å². The number of amides is 1. The maximum absolute atomic E-state index is 13.1. The van der Waals surface area contributed by atoms with Crippen molar-refractivity contribution >= 4 is 16.0 Å². The van der Waals surface area contributed by atoms with Gasteiger partial charge in [0.25, 0.3) is 10.1 Å². The van der Waals surface area contributed by atoms with Gasteiger partial charge in [-0.2, -0.15) is 8.42 Å². The van der Waals surface area contributed by atoms with Gasteiger partial charge in [0.2, 0.25) is 5.91 Å². The molecule has 12 atom stereocenters. The predicted octanol–water partition coefficient (Wildman–Crippen LogP) is 5.64. The van der Waals surface area contributed by atoms with Crippen LogP contribution < -0.4 is 5.32 Å². The molecule has 4 N–H and O–H groups in total. The SMILES string of the molecule is CC[C@H]1[C@@H](O)[C@@H]2[C@H](CC[C@]3(C)[C@@H]([C@H](C)CCC(=O)N[C@H](Cc4ccccc4)CS(=O)(=O)O)CC[C@@H]23)[C@@]2(C)CC[C@@H](O)C[C@@H]12. The van der Waals surface area contributed by atoms with Gasteiger partial charge in [0, 0.05) is 12.5 Å². The second kappa shape index (κ2) is 12.7. The van der Waals surface area contributed by atoms with E-state index >= 15 is 0 Å². The van der Waals surface area contributed by atoms with Crippen LogP contribution in [-0.2, 0) is 21.3 Å². The Balaban J connectivity index is 1.24. The average molecular weight is 618 g/mol. The van der Waals surface area contributed by atoms with Crippen molar-refractivity contribution < 1.29 is 28.0 Å². The van der Waals surface area contributed by atoms with E-state index in [0.29, 0.717) is 48.3 Å². The summed E-state index contributed by atoms with van der Waals surface area (Å²) in [7, 11) is -4.24. The van der Waals surface area contributed by atoms with Gasteiger partial charge in [-0.1, -0.05) is 64.4 Å². The maximum atomic E-state index is 13.1. The molecule has 5 rings (SSSR count). The van der Waals surface area contributed by atoms with Gasteiger partial charge in [-0.3, -0.25) is 9.35 Å². The topological polar surface area (TPSA) is 124 Å². The summed E-state index contributed by atoms with van der Waals surface area (Å²) >= 11 is 0. The van der Waals surface area contributed by atoms with Crippen LogP contribution in [0.3, 0.4) is 0 Å². The zero-order chi connectivity index (χ0) is 31.2. The number of aliphatic hydroxyl groups is 2. The monoisotopic (exact) mass is 617 g/mol. The molecule has 1 amide bonds. The Labute approximate surface area is 259 Å². The van der Waals surface area contributed by atoms with E-state index in [1.807, 2.05) is 30.3 Å². The molecule has 7 nitrogen and oxygen atoms in total. The highest BCUT2D eigenvalue weighted by Crippen LogP contribution is 2.69. The fourth-order valence-electron chi connectivity index (χ4n) is 11.1. The fourth-order valence-corrected chi connectivity index (χ4v) is 11.8. The Hall–Kier alpha value is -1.48. The van der Waals surface area contributed by atoms with Crippen molar-refractivity contribution in [3.63, 3.8) is 0 Å². The lowest BCUT2D eigenvalue weighted by molar-refractivity contribution is -0.203. The fraction of sp³-hybridized carbons (Fsp3) is 0.800. The molecule has 0 radical (unpaired) electrons. The zero-order valence-electron chi connectivity index (χ0n) is 26.6. The van der Waals surface area contributed by atoms with E-state index in [4.69, 9.17) is 0 Å². The van der Waals surface area contributed by atoms with Gasteiger partial charge in [0.1, 0.15) is 0 Å². The Morgan fingerprint density at radius 3 is 2.35 bits per heavy atom. The zero-order valence-corrected chi connectivity index (χ0v) is 27.4. The molecule has 4 aliphatic rings. The van der Waals surface area contributed by atoms with Crippen molar-refractivity contribution in [2.24, 2.45) is 52.3 Å². The summed E-state index contributed by atoms with van der Waals surface area (Å²) in [6.07, 6.45) is 9.11. The van der Waals surface area contributed by atoms with Gasteiger partial charge in [-0.25, -0.2) is 0 Å². The summed E-state index contributed by atoms with van der Waals surface area (Å²) in [6, 6.07) is 8.73. The summed E-state index contributed by atoms with van der Waals surface area (Å²) in [6.45, 7) is 9.40. The molecule has 0 spiro atoms. The number of rotatable bonds is 10. The Kier molecular flexibility index (Phi) is 9.74. The first-order valence-electron chi connectivity index (χ1n) is 16.9. The van der Waals surface area contributed by atoms with Crippen LogP contribution in [0.1, 0.15) is 97.5 Å². The number of aliphatic hydroxyl groups excluding tert-OH is 2. The molecule has 0 aromatic heterocycles. The molecule has 0 bridgehead atoms. The minimum Gasteiger partial charge on any atom is -0.393 e. The molecule has 1 aromatic rings. The molecule has 0 saturated heterocycles. The van der Waals surface area contributed by atoms with Crippen molar-refractivity contribution in [1.82, 2.24) is 5.32 Å². The highest BCUT2D eigenvalue weighted by atomic mass is 32.2. The maximum Gasteiger partial charge on any atom is 0.266 e. The van der Waals surface area contributed by atoms with Crippen LogP contribution in [0.4, 0.5) is 0 Å². The largest absolute Gasteiger partial charge is 0.393 e. The summed E-state index contributed by atoms with van der Waals surface area (Å²) in [5.74, 6) is 2.06. The molecule has 4 fully saturated rings. The van der Waals surface area contributed by atoms with E-state index < -0.39 is 21.9 Å². The second-order valence-electron chi connectivity index (χ2n) is 15.3. The van der Waals surface area contributed by atoms with Crippen LogP contribution in [-0.4, -0.2) is 53.1 Å². The summed E-state index contributed by atoms with van der Waals surface area (Å²) in [4.78, 5) is 13.1. The first-order valence-corrected chi connectivity index (χ1v) is 18.5. The summed E-state index contributed by atoms with van der Waals surface area (Å²) < 4.78 is 32.8. The standard InChI is InChI=1S/C35H55NO6S/c1-5-26-30-20-25(37)15-17-35(30,4)29-16-18-34(3)27(12-13-28(34)32(29)33(26)39)22(2)11-14-31(38)36-24(21-43(40,41)42)19-23-9-7-6-8-10-23/h6-10,22,24-30,32-33,37,39H,5,11-21H2,1-4H3,(H,36,38)(H,40,41,42)/t22-,24-,25-,26-,27-,28+,29+,30+,32+,33-,34-,35-/m1/s1. The Morgan fingerprint density at radius 2 is 1.67 bits per heavy atom. The molecule has 4 aliphatic carbocycles. The van der Waals surface area contributed by atoms with Crippen LogP contribution in [0.5, 0.6) is 0 Å². The Morgan fingerprint density at radius 1 is 1.00 bits per heavy atom. The van der Waals surface area contributed by atoms with Crippen molar-refractivity contribution in [3.05, 3.63) is 35.9 Å². The molecule has 1 aromatic carbocycles. The third kappa shape index (κ3) is 6.59. The minimum atomic E-state index is -4.24. The number of nitrogens with one attached hydrogen (secondary N) is 1. The smallest absolute Gasteiger partial charge is 0.266 e. The Bertz CT molecular complexity index is 1220.